The highest BCUT2D eigenvalue weighted by atomic mass is 32.1. The number of rotatable bonds is 6. The molecule has 2 aliphatic rings. The molecule has 1 saturated carbocycles. The Morgan fingerprint density at radius 2 is 2.32 bits per heavy atom. The van der Waals surface area contributed by atoms with Crippen LogP contribution in [0.2, 0.25) is 0 Å². The van der Waals surface area contributed by atoms with Crippen LogP contribution in [0.15, 0.2) is 0 Å². The monoisotopic (exact) mass is 280 g/mol. The number of thiazole rings is 1. The molecule has 0 radical (unpaired) electrons. The number of aryl methyl sites for hydroxylation is 1. The standard InChI is InChI=1S/C14H20N2O2S/c1-2-9(7-8-3-4-8)15-14-16-12-10(13(17)18)5-6-11(12)19-14/h8-10H,2-7H2,1H3,(H,15,16)(H,17,18). The maximum absolute atomic E-state index is 11.1. The van der Waals surface area contributed by atoms with E-state index < -0.39 is 5.97 Å². The first-order valence-corrected chi connectivity index (χ1v) is 7.98. The van der Waals surface area contributed by atoms with Gasteiger partial charge in [0.15, 0.2) is 5.13 Å². The van der Waals surface area contributed by atoms with Crippen molar-refractivity contribution in [1.29, 1.82) is 0 Å². The molecule has 3 rings (SSSR count). The first-order valence-electron chi connectivity index (χ1n) is 7.16. The van der Waals surface area contributed by atoms with E-state index in [0.29, 0.717) is 12.5 Å². The van der Waals surface area contributed by atoms with Gasteiger partial charge in [-0.3, -0.25) is 4.79 Å². The molecule has 1 aromatic rings. The van der Waals surface area contributed by atoms with Crippen molar-refractivity contribution >= 4 is 22.4 Å². The van der Waals surface area contributed by atoms with Crippen LogP contribution in [-0.2, 0) is 11.2 Å². The highest BCUT2D eigenvalue weighted by molar-refractivity contribution is 7.15. The zero-order chi connectivity index (χ0) is 13.4. The summed E-state index contributed by atoms with van der Waals surface area (Å²) in [5.74, 6) is -0.220. The molecular weight excluding hydrogens is 260 g/mol. The van der Waals surface area contributed by atoms with Gasteiger partial charge in [0.05, 0.1) is 5.69 Å². The normalized spacial score (nSPS) is 23.1. The van der Waals surface area contributed by atoms with Gasteiger partial charge >= 0.3 is 5.97 Å². The number of aliphatic carboxylic acids is 1. The number of nitrogens with one attached hydrogen (secondary N) is 1. The van der Waals surface area contributed by atoms with Gasteiger partial charge in [-0.05, 0) is 31.6 Å². The fourth-order valence-corrected chi connectivity index (χ4v) is 3.90. The molecule has 19 heavy (non-hydrogen) atoms. The molecule has 4 nitrogen and oxygen atoms in total. The van der Waals surface area contributed by atoms with Crippen LogP contribution < -0.4 is 5.32 Å². The minimum Gasteiger partial charge on any atom is -0.481 e. The van der Waals surface area contributed by atoms with E-state index in [2.05, 4.69) is 17.2 Å². The molecule has 0 amide bonds. The molecular formula is C14H20N2O2S. The molecule has 0 bridgehead atoms. The molecule has 1 fully saturated rings. The van der Waals surface area contributed by atoms with Crippen LogP contribution in [0.3, 0.4) is 0 Å². The molecule has 5 heteroatoms. The van der Waals surface area contributed by atoms with Crippen LogP contribution in [0.1, 0.15) is 55.5 Å². The van der Waals surface area contributed by atoms with Gasteiger partial charge in [-0.25, -0.2) is 4.98 Å². The Balaban J connectivity index is 1.68. The molecule has 1 aromatic heterocycles. The second kappa shape index (κ2) is 5.12. The Bertz CT molecular complexity index is 482. The molecule has 104 valence electrons. The minimum absolute atomic E-state index is 0.384. The first kappa shape index (κ1) is 12.9. The van der Waals surface area contributed by atoms with Crippen LogP contribution in [0.5, 0.6) is 0 Å². The predicted molar refractivity (Wildman–Crippen MR) is 75.9 cm³/mol. The maximum atomic E-state index is 11.1. The van der Waals surface area contributed by atoms with Gasteiger partial charge in [0, 0.05) is 10.9 Å². The van der Waals surface area contributed by atoms with E-state index in [4.69, 9.17) is 5.11 Å². The first-order chi connectivity index (χ1) is 9.17. The summed E-state index contributed by atoms with van der Waals surface area (Å²) in [4.78, 5) is 16.8. The third-order valence-electron chi connectivity index (χ3n) is 4.15. The molecule has 2 atom stereocenters. The third-order valence-corrected chi connectivity index (χ3v) is 5.21. The number of fused-ring (bicyclic) bond motifs is 1. The SMILES string of the molecule is CCC(CC1CC1)Nc1nc2c(s1)CCC2C(=O)O. The predicted octanol–water partition coefficient (Wildman–Crippen LogP) is 3.25. The number of nitrogens with zero attached hydrogens (tertiary/aromatic N) is 1. The smallest absolute Gasteiger partial charge is 0.312 e. The van der Waals surface area contributed by atoms with Crippen LogP contribution in [-0.4, -0.2) is 22.1 Å². The van der Waals surface area contributed by atoms with Gasteiger partial charge in [-0.1, -0.05) is 19.8 Å². The highest BCUT2D eigenvalue weighted by Crippen LogP contribution is 2.39. The second-order valence-electron chi connectivity index (χ2n) is 5.69. The average Bonchev–Trinajstić information content (AvgIpc) is 2.95. The van der Waals surface area contributed by atoms with Crippen molar-refractivity contribution < 1.29 is 9.90 Å². The van der Waals surface area contributed by atoms with Crippen molar-refractivity contribution in [2.45, 2.75) is 57.4 Å². The molecule has 0 aliphatic heterocycles. The fourth-order valence-electron chi connectivity index (χ4n) is 2.79. The summed E-state index contributed by atoms with van der Waals surface area (Å²) in [5, 5.41) is 13.6. The summed E-state index contributed by atoms with van der Waals surface area (Å²) >= 11 is 1.65. The highest BCUT2D eigenvalue weighted by Gasteiger charge is 2.33. The van der Waals surface area contributed by atoms with Crippen LogP contribution in [0, 0.1) is 5.92 Å². The fraction of sp³-hybridized carbons (Fsp3) is 0.714. The van der Waals surface area contributed by atoms with Crippen LogP contribution in [0.4, 0.5) is 5.13 Å². The topological polar surface area (TPSA) is 62.2 Å². The molecule has 0 saturated heterocycles. The summed E-state index contributed by atoms with van der Waals surface area (Å²) in [7, 11) is 0. The van der Waals surface area contributed by atoms with Crippen LogP contribution in [0.25, 0.3) is 0 Å². The molecule has 0 aromatic carbocycles. The van der Waals surface area contributed by atoms with Gasteiger partial charge in [0.2, 0.25) is 0 Å². The Labute approximate surface area is 117 Å². The van der Waals surface area contributed by atoms with Gasteiger partial charge in [-0.2, -0.15) is 0 Å². The van der Waals surface area contributed by atoms with Gasteiger partial charge < -0.3 is 10.4 Å². The average molecular weight is 280 g/mol. The number of anilines is 1. The number of carbonyl (C=O) groups is 1. The Morgan fingerprint density at radius 3 is 2.95 bits per heavy atom. The van der Waals surface area contributed by atoms with Crippen molar-refractivity contribution in [1.82, 2.24) is 4.98 Å². The summed E-state index contributed by atoms with van der Waals surface area (Å²) in [6.45, 7) is 2.20. The zero-order valence-electron chi connectivity index (χ0n) is 11.2. The van der Waals surface area contributed by atoms with Crippen molar-refractivity contribution in [3.63, 3.8) is 0 Å². The lowest BCUT2D eigenvalue weighted by Gasteiger charge is -2.15. The third kappa shape index (κ3) is 2.76. The summed E-state index contributed by atoms with van der Waals surface area (Å²) < 4.78 is 0. The molecule has 1 heterocycles. The lowest BCUT2D eigenvalue weighted by atomic mass is 10.1. The largest absolute Gasteiger partial charge is 0.481 e. The van der Waals surface area contributed by atoms with Crippen molar-refractivity contribution in [3.05, 3.63) is 10.6 Å². The van der Waals surface area contributed by atoms with Crippen molar-refractivity contribution in [2.24, 2.45) is 5.92 Å². The van der Waals surface area contributed by atoms with E-state index in [9.17, 15) is 4.79 Å². The molecule has 2 unspecified atom stereocenters. The minimum atomic E-state index is -0.736. The number of hydrogen-bond acceptors (Lipinski definition) is 4. The number of hydrogen-bond donors (Lipinski definition) is 2. The van der Waals surface area contributed by atoms with Crippen LogP contribution >= 0.6 is 11.3 Å². The lowest BCUT2D eigenvalue weighted by Crippen LogP contribution is -2.19. The molecule has 2 N–H and O–H groups in total. The Morgan fingerprint density at radius 1 is 1.53 bits per heavy atom. The van der Waals surface area contributed by atoms with Gasteiger partial charge in [0.25, 0.3) is 0 Å². The van der Waals surface area contributed by atoms with E-state index >= 15 is 0 Å². The summed E-state index contributed by atoms with van der Waals surface area (Å²) in [5.41, 5.74) is 0.807. The summed E-state index contributed by atoms with van der Waals surface area (Å²) in [6.07, 6.45) is 6.64. The van der Waals surface area contributed by atoms with Gasteiger partial charge in [0.1, 0.15) is 5.92 Å². The Hall–Kier alpha value is -1.10. The van der Waals surface area contributed by atoms with E-state index in [1.54, 1.807) is 11.3 Å². The van der Waals surface area contributed by atoms with E-state index in [-0.39, 0.29) is 5.92 Å². The molecule has 2 aliphatic carbocycles. The van der Waals surface area contributed by atoms with E-state index in [0.717, 1.165) is 34.5 Å². The second-order valence-corrected chi connectivity index (χ2v) is 6.77. The number of aromatic nitrogens is 1. The summed E-state index contributed by atoms with van der Waals surface area (Å²) in [6, 6.07) is 0.488. The number of carboxylic acids is 1. The number of carboxylic acid groups (broad SMARTS) is 1. The lowest BCUT2D eigenvalue weighted by molar-refractivity contribution is -0.138. The Kier molecular flexibility index (Phi) is 3.48. The molecule has 0 spiro atoms. The van der Waals surface area contributed by atoms with E-state index in [1.165, 1.54) is 19.3 Å². The van der Waals surface area contributed by atoms with Gasteiger partial charge in [-0.15, -0.1) is 11.3 Å². The zero-order valence-corrected chi connectivity index (χ0v) is 12.0. The van der Waals surface area contributed by atoms with Crippen molar-refractivity contribution in [3.8, 4) is 0 Å². The quantitative estimate of drug-likeness (QED) is 0.839. The van der Waals surface area contributed by atoms with Crippen molar-refractivity contribution in [2.75, 3.05) is 5.32 Å². The van der Waals surface area contributed by atoms with E-state index in [1.807, 2.05) is 0 Å². The maximum Gasteiger partial charge on any atom is 0.312 e.